The van der Waals surface area contributed by atoms with Crippen molar-refractivity contribution in [2.24, 2.45) is 0 Å². The normalized spacial score (nSPS) is 15.4. The van der Waals surface area contributed by atoms with Crippen molar-refractivity contribution in [1.82, 2.24) is 15.1 Å². The highest BCUT2D eigenvalue weighted by atomic mass is 32.2. The van der Waals surface area contributed by atoms with Crippen molar-refractivity contribution in [2.45, 2.75) is 13.3 Å². The van der Waals surface area contributed by atoms with Gasteiger partial charge in [0.15, 0.2) is 5.17 Å². The van der Waals surface area contributed by atoms with E-state index in [1.807, 2.05) is 41.2 Å². The SMILES string of the molecule is CCc1ccc(-c2nn(-c3ccccc3)cc2C=C2SC(=N)NC2=O)cc1. The summed E-state index contributed by atoms with van der Waals surface area (Å²) in [4.78, 5) is 12.5. The fourth-order valence-electron chi connectivity index (χ4n) is 2.91. The molecule has 2 heterocycles. The van der Waals surface area contributed by atoms with Crippen LogP contribution in [0.3, 0.4) is 0 Å². The number of carbonyl (C=O) groups is 1. The number of nitrogens with zero attached hydrogens (tertiary/aromatic N) is 2. The number of benzene rings is 2. The number of para-hydroxylation sites is 1. The lowest BCUT2D eigenvalue weighted by atomic mass is 10.0. The molecular formula is C21H18N4OS. The quantitative estimate of drug-likeness (QED) is 0.671. The largest absolute Gasteiger partial charge is 0.301 e. The Morgan fingerprint density at radius 3 is 2.52 bits per heavy atom. The summed E-state index contributed by atoms with van der Waals surface area (Å²) < 4.78 is 1.82. The second-order valence-corrected chi connectivity index (χ2v) is 7.21. The Morgan fingerprint density at radius 1 is 1.15 bits per heavy atom. The molecule has 0 unspecified atom stereocenters. The fraction of sp³-hybridized carbons (Fsp3) is 0.0952. The second kappa shape index (κ2) is 7.25. The summed E-state index contributed by atoms with van der Waals surface area (Å²) in [6, 6.07) is 18.2. The van der Waals surface area contributed by atoms with Crippen LogP contribution in [0.25, 0.3) is 23.0 Å². The Kier molecular flexibility index (Phi) is 4.64. The lowest BCUT2D eigenvalue weighted by Gasteiger charge is -2.02. The molecule has 3 aromatic rings. The highest BCUT2D eigenvalue weighted by Gasteiger charge is 2.23. The topological polar surface area (TPSA) is 70.8 Å². The first kappa shape index (κ1) is 17.3. The van der Waals surface area contributed by atoms with Crippen molar-refractivity contribution in [1.29, 1.82) is 5.41 Å². The van der Waals surface area contributed by atoms with Crippen LogP contribution in [-0.2, 0) is 11.2 Å². The Bertz CT molecular complexity index is 1040. The molecule has 1 saturated heterocycles. The van der Waals surface area contributed by atoms with Crippen molar-refractivity contribution < 1.29 is 4.79 Å². The number of aromatic nitrogens is 2. The highest BCUT2D eigenvalue weighted by molar-refractivity contribution is 8.18. The maximum Gasteiger partial charge on any atom is 0.264 e. The van der Waals surface area contributed by atoms with Crippen LogP contribution < -0.4 is 5.32 Å². The highest BCUT2D eigenvalue weighted by Crippen LogP contribution is 2.30. The van der Waals surface area contributed by atoms with Crippen molar-refractivity contribution in [2.75, 3.05) is 0 Å². The number of amides is 1. The van der Waals surface area contributed by atoms with Crippen LogP contribution in [0.1, 0.15) is 18.1 Å². The molecule has 2 aromatic carbocycles. The Balaban J connectivity index is 1.82. The third kappa shape index (κ3) is 3.57. The molecule has 1 aromatic heterocycles. The van der Waals surface area contributed by atoms with Gasteiger partial charge >= 0.3 is 0 Å². The zero-order valence-electron chi connectivity index (χ0n) is 14.8. The summed E-state index contributed by atoms with van der Waals surface area (Å²) in [5.41, 5.74) is 4.86. The molecule has 1 amide bonds. The van der Waals surface area contributed by atoms with Gasteiger partial charge in [-0.15, -0.1) is 0 Å². The molecule has 5 nitrogen and oxygen atoms in total. The molecular weight excluding hydrogens is 356 g/mol. The molecule has 0 bridgehead atoms. The van der Waals surface area contributed by atoms with E-state index < -0.39 is 0 Å². The Hall–Kier alpha value is -3.12. The van der Waals surface area contributed by atoms with E-state index in [0.717, 1.165) is 40.7 Å². The molecule has 0 radical (unpaired) electrons. The summed E-state index contributed by atoms with van der Waals surface area (Å²) in [6.45, 7) is 2.12. The summed E-state index contributed by atoms with van der Waals surface area (Å²) in [5, 5.41) is 15.1. The number of rotatable bonds is 4. The van der Waals surface area contributed by atoms with Crippen LogP contribution in [-0.4, -0.2) is 20.9 Å². The summed E-state index contributed by atoms with van der Waals surface area (Å²) in [7, 11) is 0. The molecule has 1 aliphatic rings. The Labute approximate surface area is 161 Å². The van der Waals surface area contributed by atoms with Crippen molar-refractivity contribution in [3.05, 3.63) is 76.8 Å². The molecule has 134 valence electrons. The van der Waals surface area contributed by atoms with Crippen LogP contribution in [0.15, 0.2) is 65.7 Å². The van der Waals surface area contributed by atoms with Gasteiger partial charge in [-0.25, -0.2) is 4.68 Å². The maximum absolute atomic E-state index is 12.0. The summed E-state index contributed by atoms with van der Waals surface area (Å²) >= 11 is 1.13. The fourth-order valence-corrected chi connectivity index (χ4v) is 3.60. The monoisotopic (exact) mass is 374 g/mol. The zero-order valence-corrected chi connectivity index (χ0v) is 15.6. The maximum atomic E-state index is 12.0. The second-order valence-electron chi connectivity index (χ2n) is 6.16. The third-order valence-corrected chi connectivity index (χ3v) is 5.18. The predicted octanol–water partition coefficient (Wildman–Crippen LogP) is 4.24. The van der Waals surface area contributed by atoms with E-state index >= 15 is 0 Å². The average molecular weight is 374 g/mol. The number of aryl methyl sites for hydroxylation is 1. The van der Waals surface area contributed by atoms with Crippen molar-refractivity contribution >= 4 is 28.9 Å². The van der Waals surface area contributed by atoms with Gasteiger partial charge in [0.1, 0.15) is 0 Å². The molecule has 0 aliphatic carbocycles. The van der Waals surface area contributed by atoms with Crippen molar-refractivity contribution in [3.63, 3.8) is 0 Å². The first-order valence-corrected chi connectivity index (χ1v) is 9.49. The first-order valence-electron chi connectivity index (χ1n) is 8.68. The minimum atomic E-state index is -0.246. The molecule has 0 saturated carbocycles. The van der Waals surface area contributed by atoms with Crippen LogP contribution in [0.5, 0.6) is 0 Å². The lowest BCUT2D eigenvalue weighted by molar-refractivity contribution is -0.115. The van der Waals surface area contributed by atoms with Crippen LogP contribution in [0.4, 0.5) is 0 Å². The molecule has 1 aliphatic heterocycles. The third-order valence-electron chi connectivity index (χ3n) is 4.35. The standard InChI is InChI=1S/C21H18N4OS/c1-2-14-8-10-15(11-9-14)19-16(12-18-20(26)23-21(22)27-18)13-25(24-19)17-6-4-3-5-7-17/h3-13H,2H2,1H3,(H2,22,23,26). The number of hydrogen-bond donors (Lipinski definition) is 2. The molecule has 0 atom stereocenters. The van der Waals surface area contributed by atoms with Gasteiger partial charge in [0.05, 0.1) is 16.3 Å². The van der Waals surface area contributed by atoms with E-state index in [9.17, 15) is 4.79 Å². The lowest BCUT2D eigenvalue weighted by Crippen LogP contribution is -2.18. The summed E-state index contributed by atoms with van der Waals surface area (Å²) in [5.74, 6) is -0.246. The minimum absolute atomic E-state index is 0.149. The van der Waals surface area contributed by atoms with Crippen LogP contribution >= 0.6 is 11.8 Å². The first-order chi connectivity index (χ1) is 13.1. The van der Waals surface area contributed by atoms with E-state index in [1.54, 1.807) is 6.08 Å². The molecule has 27 heavy (non-hydrogen) atoms. The summed E-state index contributed by atoms with van der Waals surface area (Å²) in [6.07, 6.45) is 4.70. The van der Waals surface area contributed by atoms with Gasteiger partial charge in [0.2, 0.25) is 0 Å². The number of carbonyl (C=O) groups excluding carboxylic acids is 1. The number of amidine groups is 1. The number of thioether (sulfide) groups is 1. The number of nitrogens with one attached hydrogen (secondary N) is 2. The van der Waals surface area contributed by atoms with Gasteiger partial charge < -0.3 is 5.32 Å². The predicted molar refractivity (Wildman–Crippen MR) is 110 cm³/mol. The van der Waals surface area contributed by atoms with Gasteiger partial charge in [0.25, 0.3) is 5.91 Å². The molecule has 4 rings (SSSR count). The van der Waals surface area contributed by atoms with Crippen molar-refractivity contribution in [3.8, 4) is 16.9 Å². The van der Waals surface area contributed by atoms with Crippen LogP contribution in [0, 0.1) is 5.41 Å². The smallest absolute Gasteiger partial charge is 0.264 e. The molecule has 2 N–H and O–H groups in total. The van der Waals surface area contributed by atoms with Gasteiger partial charge in [-0.05, 0) is 42.0 Å². The van der Waals surface area contributed by atoms with Gasteiger partial charge in [0, 0.05) is 17.3 Å². The van der Waals surface area contributed by atoms with E-state index in [-0.39, 0.29) is 11.1 Å². The van der Waals surface area contributed by atoms with E-state index in [1.165, 1.54) is 5.56 Å². The molecule has 0 spiro atoms. The zero-order chi connectivity index (χ0) is 18.8. The van der Waals surface area contributed by atoms with E-state index in [4.69, 9.17) is 10.5 Å². The van der Waals surface area contributed by atoms with E-state index in [2.05, 4.69) is 36.5 Å². The number of hydrogen-bond acceptors (Lipinski definition) is 4. The van der Waals surface area contributed by atoms with Gasteiger partial charge in [-0.2, -0.15) is 5.10 Å². The Morgan fingerprint density at radius 2 is 1.89 bits per heavy atom. The minimum Gasteiger partial charge on any atom is -0.301 e. The van der Waals surface area contributed by atoms with Crippen LogP contribution in [0.2, 0.25) is 0 Å². The van der Waals surface area contributed by atoms with Gasteiger partial charge in [-0.1, -0.05) is 49.4 Å². The van der Waals surface area contributed by atoms with E-state index in [0.29, 0.717) is 4.91 Å². The average Bonchev–Trinajstić information content (AvgIpc) is 3.25. The molecule has 6 heteroatoms. The molecule has 1 fully saturated rings. The van der Waals surface area contributed by atoms with Gasteiger partial charge in [-0.3, -0.25) is 10.2 Å².